The van der Waals surface area contributed by atoms with Crippen molar-refractivity contribution in [3.05, 3.63) is 46.4 Å². The molecule has 0 aliphatic carbocycles. The summed E-state index contributed by atoms with van der Waals surface area (Å²) in [5.74, 6) is -0.282. The number of ether oxygens (including phenoxy) is 1. The number of hydrogen-bond acceptors (Lipinski definition) is 7. The van der Waals surface area contributed by atoms with E-state index in [1.165, 1.54) is 16.4 Å². The lowest BCUT2D eigenvalue weighted by atomic mass is 10.2. The van der Waals surface area contributed by atoms with Gasteiger partial charge in [0.25, 0.3) is 5.56 Å². The maximum atomic E-state index is 13.0. The van der Waals surface area contributed by atoms with E-state index < -0.39 is 10.0 Å². The zero-order chi connectivity index (χ0) is 21.7. The monoisotopic (exact) mass is 452 g/mol. The number of nitrogens with one attached hydrogen (secondary N) is 1. The molecule has 11 heteroatoms. The summed E-state index contributed by atoms with van der Waals surface area (Å²) in [6.45, 7) is 5.60. The van der Waals surface area contributed by atoms with Gasteiger partial charge in [-0.25, -0.2) is 8.42 Å². The van der Waals surface area contributed by atoms with E-state index in [1.54, 1.807) is 29.8 Å². The van der Waals surface area contributed by atoms with E-state index in [-0.39, 0.29) is 22.1 Å². The Labute approximate surface area is 179 Å². The molecule has 0 spiro atoms. The molecule has 0 bridgehead atoms. The number of carbonyl (C=O) groups is 1. The van der Waals surface area contributed by atoms with E-state index in [2.05, 4.69) is 10.3 Å². The van der Waals surface area contributed by atoms with Crippen LogP contribution >= 0.6 is 11.8 Å². The fraction of sp³-hybridized carbons (Fsp3) is 0.421. The first-order valence-corrected chi connectivity index (χ1v) is 11.9. The van der Waals surface area contributed by atoms with Gasteiger partial charge in [0.05, 0.1) is 23.9 Å². The van der Waals surface area contributed by atoms with Gasteiger partial charge in [0, 0.05) is 37.6 Å². The van der Waals surface area contributed by atoms with Crippen LogP contribution in [0.4, 0.5) is 5.69 Å². The van der Waals surface area contributed by atoms with Crippen molar-refractivity contribution >= 4 is 33.4 Å². The van der Waals surface area contributed by atoms with Gasteiger partial charge in [-0.15, -0.1) is 0 Å². The predicted molar refractivity (Wildman–Crippen MR) is 114 cm³/mol. The summed E-state index contributed by atoms with van der Waals surface area (Å²) in [5.41, 5.74) is 0.639. The van der Waals surface area contributed by atoms with Gasteiger partial charge >= 0.3 is 0 Å². The van der Waals surface area contributed by atoms with Gasteiger partial charge in [0.1, 0.15) is 0 Å². The maximum Gasteiger partial charge on any atom is 0.273 e. The Bertz CT molecular complexity index is 1080. The quantitative estimate of drug-likeness (QED) is 0.498. The molecule has 1 amide bonds. The number of rotatable bonds is 7. The number of nitrogens with zero attached hydrogens (tertiary/aromatic N) is 3. The summed E-state index contributed by atoms with van der Waals surface area (Å²) in [4.78, 5) is 28.0. The van der Waals surface area contributed by atoms with E-state index in [1.807, 2.05) is 6.92 Å². The zero-order valence-electron chi connectivity index (χ0n) is 16.8. The second-order valence-electron chi connectivity index (χ2n) is 6.67. The highest BCUT2D eigenvalue weighted by Gasteiger charge is 2.28. The van der Waals surface area contributed by atoms with Gasteiger partial charge in [-0.05, 0) is 31.5 Å². The first kappa shape index (κ1) is 22.5. The van der Waals surface area contributed by atoms with Crippen LogP contribution in [0.25, 0.3) is 0 Å². The molecule has 30 heavy (non-hydrogen) atoms. The highest BCUT2D eigenvalue weighted by atomic mass is 32.2. The number of aromatic nitrogens is 2. The molecule has 1 aliphatic heterocycles. The highest BCUT2D eigenvalue weighted by molar-refractivity contribution is 7.99. The van der Waals surface area contributed by atoms with E-state index in [0.29, 0.717) is 49.3 Å². The van der Waals surface area contributed by atoms with Crippen LogP contribution in [0.15, 0.2) is 45.3 Å². The SMILES string of the molecule is CCn1ccc(=O)nc1SCC(=O)Nc1ccc(C)c(S(=O)(=O)N2CCOCC2)c1. The van der Waals surface area contributed by atoms with Gasteiger partial charge in [0.15, 0.2) is 5.16 Å². The summed E-state index contributed by atoms with van der Waals surface area (Å²) in [6, 6.07) is 6.18. The van der Waals surface area contributed by atoms with Crippen molar-refractivity contribution in [1.29, 1.82) is 0 Å². The first-order chi connectivity index (χ1) is 14.3. The Morgan fingerprint density at radius 1 is 1.27 bits per heavy atom. The molecule has 1 aromatic carbocycles. The van der Waals surface area contributed by atoms with Crippen molar-refractivity contribution in [3.8, 4) is 0 Å². The molecular weight excluding hydrogens is 428 g/mol. The smallest absolute Gasteiger partial charge is 0.273 e. The van der Waals surface area contributed by atoms with Crippen molar-refractivity contribution in [2.45, 2.75) is 30.4 Å². The Hall–Kier alpha value is -2.21. The summed E-state index contributed by atoms with van der Waals surface area (Å²) in [7, 11) is -3.67. The third kappa shape index (κ3) is 5.28. The lowest BCUT2D eigenvalue weighted by Gasteiger charge is -2.26. The summed E-state index contributed by atoms with van der Waals surface area (Å²) in [5, 5.41) is 3.18. The number of sulfonamides is 1. The Morgan fingerprint density at radius 2 is 2.00 bits per heavy atom. The molecule has 3 rings (SSSR count). The molecule has 2 aromatic rings. The molecular formula is C19H24N4O5S2. The minimum absolute atomic E-state index is 0.0376. The molecule has 1 N–H and O–H groups in total. The maximum absolute atomic E-state index is 13.0. The highest BCUT2D eigenvalue weighted by Crippen LogP contribution is 2.25. The van der Waals surface area contributed by atoms with Crippen molar-refractivity contribution in [2.75, 3.05) is 37.4 Å². The zero-order valence-corrected chi connectivity index (χ0v) is 18.5. The Balaban J connectivity index is 1.71. The number of amides is 1. The molecule has 0 atom stereocenters. The lowest BCUT2D eigenvalue weighted by molar-refractivity contribution is -0.113. The van der Waals surface area contributed by atoms with Crippen LogP contribution in [0, 0.1) is 6.92 Å². The molecule has 1 aromatic heterocycles. The molecule has 0 saturated carbocycles. The van der Waals surface area contributed by atoms with Crippen LogP contribution in [0.3, 0.4) is 0 Å². The van der Waals surface area contributed by atoms with Crippen LogP contribution in [0.2, 0.25) is 0 Å². The molecule has 0 unspecified atom stereocenters. The molecule has 0 radical (unpaired) electrons. The molecule has 1 fully saturated rings. The number of aryl methyl sites for hydroxylation is 2. The first-order valence-electron chi connectivity index (χ1n) is 9.50. The van der Waals surface area contributed by atoms with Gasteiger partial charge in [-0.3, -0.25) is 9.59 Å². The molecule has 162 valence electrons. The third-order valence-corrected chi connectivity index (χ3v) is 7.61. The third-order valence-electron chi connectivity index (χ3n) is 4.58. The predicted octanol–water partition coefficient (Wildman–Crippen LogP) is 1.32. The van der Waals surface area contributed by atoms with E-state index in [9.17, 15) is 18.0 Å². The fourth-order valence-electron chi connectivity index (χ4n) is 2.98. The lowest BCUT2D eigenvalue weighted by Crippen LogP contribution is -2.40. The standard InChI is InChI=1S/C19H24N4O5S2/c1-3-22-7-6-17(24)21-19(22)29-13-18(25)20-15-5-4-14(2)16(12-15)30(26,27)23-8-10-28-11-9-23/h4-7,12H,3,8-11,13H2,1-2H3,(H,20,25). The second kappa shape index (κ2) is 9.73. The molecule has 9 nitrogen and oxygen atoms in total. The average molecular weight is 453 g/mol. The largest absolute Gasteiger partial charge is 0.379 e. The van der Waals surface area contributed by atoms with E-state index in [0.717, 1.165) is 11.8 Å². The number of hydrogen-bond donors (Lipinski definition) is 1. The van der Waals surface area contributed by atoms with Crippen LogP contribution in [-0.2, 0) is 26.1 Å². The summed E-state index contributed by atoms with van der Waals surface area (Å²) in [6.07, 6.45) is 1.64. The van der Waals surface area contributed by atoms with Crippen LogP contribution < -0.4 is 10.9 Å². The topological polar surface area (TPSA) is 111 Å². The second-order valence-corrected chi connectivity index (χ2v) is 9.52. The number of morpholine rings is 1. The van der Waals surface area contributed by atoms with Crippen molar-refractivity contribution in [1.82, 2.24) is 13.9 Å². The van der Waals surface area contributed by atoms with Crippen LogP contribution in [0.1, 0.15) is 12.5 Å². The van der Waals surface area contributed by atoms with Crippen molar-refractivity contribution in [3.63, 3.8) is 0 Å². The number of benzene rings is 1. The van der Waals surface area contributed by atoms with Gasteiger partial charge < -0.3 is 14.6 Å². The minimum Gasteiger partial charge on any atom is -0.379 e. The number of thioether (sulfide) groups is 1. The van der Waals surface area contributed by atoms with Crippen LogP contribution in [0.5, 0.6) is 0 Å². The fourth-order valence-corrected chi connectivity index (χ4v) is 5.48. The van der Waals surface area contributed by atoms with Gasteiger partial charge in [0.2, 0.25) is 15.9 Å². The van der Waals surface area contributed by atoms with Gasteiger partial charge in [-0.1, -0.05) is 17.8 Å². The van der Waals surface area contributed by atoms with E-state index in [4.69, 9.17) is 4.74 Å². The average Bonchev–Trinajstić information content (AvgIpc) is 2.74. The molecule has 2 heterocycles. The van der Waals surface area contributed by atoms with Gasteiger partial charge in [-0.2, -0.15) is 9.29 Å². The molecule has 1 saturated heterocycles. The van der Waals surface area contributed by atoms with Crippen LogP contribution in [-0.4, -0.2) is 60.2 Å². The van der Waals surface area contributed by atoms with E-state index >= 15 is 0 Å². The normalized spacial score (nSPS) is 15.1. The Kier molecular flexibility index (Phi) is 7.29. The summed E-state index contributed by atoms with van der Waals surface area (Å²) < 4.78 is 34.3. The Morgan fingerprint density at radius 3 is 2.70 bits per heavy atom. The minimum atomic E-state index is -3.67. The van der Waals surface area contributed by atoms with Crippen molar-refractivity contribution in [2.24, 2.45) is 0 Å². The summed E-state index contributed by atoms with van der Waals surface area (Å²) >= 11 is 1.15. The number of anilines is 1. The molecule has 1 aliphatic rings. The van der Waals surface area contributed by atoms with Crippen molar-refractivity contribution < 1.29 is 17.9 Å². The number of carbonyl (C=O) groups excluding carboxylic acids is 1.